The average Bonchev–Trinajstić information content (AvgIpc) is 1.67. The van der Waals surface area contributed by atoms with Crippen LogP contribution in [0.3, 0.4) is 0 Å². The third-order valence-electron chi connectivity index (χ3n) is 21.8. The van der Waals surface area contributed by atoms with Crippen LogP contribution in [-0.2, 0) is 40.2 Å². The summed E-state index contributed by atoms with van der Waals surface area (Å²) in [6, 6.07) is 42.8. The Hall–Kier alpha value is -12.6. The van der Waals surface area contributed by atoms with Gasteiger partial charge in [0, 0.05) is 101 Å². The second kappa shape index (κ2) is 41.6. The molecule has 2 saturated heterocycles. The van der Waals surface area contributed by atoms with Gasteiger partial charge in [-0.15, -0.1) is 0 Å². The number of phenolic OH excluding ortho intramolecular Hbond substituents is 4. The molecule has 0 bridgehead atoms. The van der Waals surface area contributed by atoms with E-state index < -0.39 is 73.3 Å². The highest BCUT2D eigenvalue weighted by Crippen LogP contribution is 2.40. The maximum Gasteiger partial charge on any atom is 0.475 e. The van der Waals surface area contributed by atoms with E-state index in [1.54, 1.807) is 82.6 Å². The normalized spacial score (nSPS) is 14.2. The average molecular weight is 1670 g/mol. The highest BCUT2D eigenvalue weighted by molar-refractivity contribution is 6.44. The molecular formula is C89H105B2N13O18. The van der Waals surface area contributed by atoms with E-state index in [1.165, 1.54) is 39.9 Å². The van der Waals surface area contributed by atoms with Crippen LogP contribution in [0.2, 0.25) is 5.82 Å². The van der Waals surface area contributed by atoms with Crippen molar-refractivity contribution in [2.75, 3.05) is 39.3 Å². The van der Waals surface area contributed by atoms with E-state index in [0.717, 1.165) is 22.3 Å². The van der Waals surface area contributed by atoms with E-state index in [4.69, 9.17) is 9.47 Å². The number of hydrogen-bond acceptors (Lipinski definition) is 23. The number of nitrogens with zero attached hydrogens (tertiary/aromatic N) is 9. The molecule has 2 fully saturated rings. The number of aromatic hydroxyl groups is 4. The second-order valence-corrected chi connectivity index (χ2v) is 32.6. The zero-order chi connectivity index (χ0) is 87.6. The minimum Gasteiger partial charge on any atom is -0.508 e. The second-order valence-electron chi connectivity index (χ2n) is 32.6. The smallest absolute Gasteiger partial charge is 0.475 e. The quantitative estimate of drug-likeness (QED) is 0.0174. The summed E-state index contributed by atoms with van der Waals surface area (Å²) in [4.78, 5) is 119. The molecule has 0 radical (unpaired) electrons. The molecule has 3 aromatic heterocycles. The lowest BCUT2D eigenvalue weighted by atomic mass is 9.66. The topological polar surface area (TPSA) is 444 Å². The van der Waals surface area contributed by atoms with Gasteiger partial charge in [0.2, 0.25) is 5.91 Å². The SMILES string of the molecule is CC(C)C[C@H](CC(=O)C(Cc1ccc(OC(=O)N2CCN(Cc3ccc(-n4c(-c5cc(C(C)C)c(O)cc5O)n[nH]c4=O)cc3)CC2)cc1)NC(=O)c1cnccn1)B(O)O.CC(C)C[C@H](NC(=O)C(CC(=O)C1CCN(C(=O)Oc2ccc(Cc3ccc(-n4c(-c5cc(C(C)C)c(O)cc5O)n[nH]c4=O)cc3)cc2)CC1)Cc1ccccc1)B(O)O. The predicted molar refractivity (Wildman–Crippen MR) is 458 cm³/mol. The number of aromatic nitrogens is 8. The fraction of sp³-hybridized carbons (Fsp3) is 0.371. The number of carbonyl (C=O) groups is 6. The van der Waals surface area contributed by atoms with Gasteiger partial charge in [-0.2, -0.15) is 10.2 Å². The summed E-state index contributed by atoms with van der Waals surface area (Å²) in [5.41, 5.74) is 6.51. The third-order valence-corrected chi connectivity index (χ3v) is 21.8. The van der Waals surface area contributed by atoms with E-state index in [0.29, 0.717) is 135 Å². The van der Waals surface area contributed by atoms with Crippen molar-refractivity contribution in [2.45, 2.75) is 149 Å². The van der Waals surface area contributed by atoms with Crippen molar-refractivity contribution in [3.8, 4) is 68.6 Å². The van der Waals surface area contributed by atoms with Gasteiger partial charge in [0.25, 0.3) is 5.91 Å². The minimum absolute atomic E-state index is 0.000714. The van der Waals surface area contributed by atoms with Crippen LogP contribution in [0.1, 0.15) is 155 Å². The van der Waals surface area contributed by atoms with E-state index in [9.17, 15) is 78.9 Å². The number of benzene rings is 7. The molecule has 0 saturated carbocycles. The van der Waals surface area contributed by atoms with Crippen LogP contribution in [0.4, 0.5) is 9.59 Å². The van der Waals surface area contributed by atoms with Gasteiger partial charge in [-0.1, -0.05) is 134 Å². The monoisotopic (exact) mass is 1670 g/mol. The molecule has 2 unspecified atom stereocenters. The molecule has 10 aromatic rings. The lowest BCUT2D eigenvalue weighted by Gasteiger charge is -2.34. The first-order valence-corrected chi connectivity index (χ1v) is 41.0. The molecule has 5 heterocycles. The van der Waals surface area contributed by atoms with Gasteiger partial charge < -0.3 is 70.4 Å². The number of aromatic amines is 2. The third kappa shape index (κ3) is 24.0. The number of piperazine rings is 1. The first-order chi connectivity index (χ1) is 58.3. The molecule has 31 nitrogen and oxygen atoms in total. The van der Waals surface area contributed by atoms with Crippen LogP contribution in [0, 0.1) is 23.7 Å². The summed E-state index contributed by atoms with van der Waals surface area (Å²) < 4.78 is 14.1. The van der Waals surface area contributed by atoms with Gasteiger partial charge in [0.15, 0.2) is 17.4 Å². The molecule has 4 amide bonds. The Balaban J connectivity index is 0.000000238. The number of ether oxygens (including phenoxy) is 2. The van der Waals surface area contributed by atoms with Crippen molar-refractivity contribution in [3.05, 3.63) is 236 Å². The van der Waals surface area contributed by atoms with E-state index >= 15 is 0 Å². The number of ketones is 2. The lowest BCUT2D eigenvalue weighted by Crippen LogP contribution is -2.49. The summed E-state index contributed by atoms with van der Waals surface area (Å²) in [7, 11) is -3.41. The van der Waals surface area contributed by atoms with Crippen molar-refractivity contribution < 1.29 is 78.8 Å². The largest absolute Gasteiger partial charge is 0.508 e. The Kier molecular flexibility index (Phi) is 30.8. The summed E-state index contributed by atoms with van der Waals surface area (Å²) in [5.74, 6) is -3.17. The van der Waals surface area contributed by atoms with Crippen LogP contribution in [0.5, 0.6) is 34.5 Å². The van der Waals surface area contributed by atoms with Crippen molar-refractivity contribution in [1.29, 1.82) is 0 Å². The Labute approximate surface area is 706 Å². The number of amides is 4. The number of hydrogen-bond donors (Lipinski definition) is 12. The maximum absolute atomic E-state index is 13.6. The van der Waals surface area contributed by atoms with Gasteiger partial charge in [0.1, 0.15) is 46.0 Å². The molecular weight excluding hydrogens is 1560 g/mol. The van der Waals surface area contributed by atoms with Crippen molar-refractivity contribution in [2.24, 2.45) is 23.7 Å². The van der Waals surface area contributed by atoms with Crippen LogP contribution >= 0.6 is 0 Å². The zero-order valence-corrected chi connectivity index (χ0v) is 69.5. The Morgan fingerprint density at radius 1 is 0.525 bits per heavy atom. The molecule has 122 heavy (non-hydrogen) atoms. The predicted octanol–water partition coefficient (Wildman–Crippen LogP) is 9.98. The molecule has 640 valence electrons. The van der Waals surface area contributed by atoms with Crippen LogP contribution in [-0.4, -0.2) is 196 Å². The first-order valence-electron chi connectivity index (χ1n) is 41.0. The number of rotatable bonds is 32. The lowest BCUT2D eigenvalue weighted by molar-refractivity contribution is -0.132. The Morgan fingerprint density at radius 2 is 1.01 bits per heavy atom. The molecule has 33 heteroatoms. The Bertz CT molecular complexity index is 5340. The van der Waals surface area contributed by atoms with Gasteiger partial charge in [0.05, 0.1) is 40.7 Å². The van der Waals surface area contributed by atoms with Gasteiger partial charge in [-0.25, -0.2) is 43.5 Å². The number of H-pyrrole nitrogens is 2. The molecule has 0 aliphatic carbocycles. The number of phenols is 4. The highest BCUT2D eigenvalue weighted by Gasteiger charge is 2.36. The number of nitrogens with one attached hydrogen (secondary N) is 4. The summed E-state index contributed by atoms with van der Waals surface area (Å²) >= 11 is 0. The van der Waals surface area contributed by atoms with Crippen molar-refractivity contribution >= 4 is 49.8 Å². The van der Waals surface area contributed by atoms with Crippen LogP contribution in [0.25, 0.3) is 34.2 Å². The zero-order valence-electron chi connectivity index (χ0n) is 69.5. The number of carbonyl (C=O) groups excluding carboxylic acids is 6. The van der Waals surface area contributed by atoms with Crippen LogP contribution < -0.4 is 31.5 Å². The number of Topliss-reactive ketones (excluding diaryl/α,β-unsaturated/α-hetero) is 2. The Morgan fingerprint density at radius 3 is 1.48 bits per heavy atom. The number of piperidine rings is 1. The molecule has 2 aliphatic rings. The molecule has 7 aromatic carbocycles. The number of likely N-dealkylation sites (tertiary alicyclic amines) is 1. The van der Waals surface area contributed by atoms with E-state index in [1.807, 2.05) is 122 Å². The highest BCUT2D eigenvalue weighted by atomic mass is 16.6. The van der Waals surface area contributed by atoms with E-state index in [-0.39, 0.29) is 101 Å². The fourth-order valence-electron chi connectivity index (χ4n) is 15.2. The summed E-state index contributed by atoms with van der Waals surface area (Å²) in [5, 5.41) is 100. The van der Waals surface area contributed by atoms with Crippen molar-refractivity contribution in [3.63, 3.8) is 0 Å². The van der Waals surface area contributed by atoms with Gasteiger partial charge in [-0.3, -0.25) is 29.1 Å². The van der Waals surface area contributed by atoms with Crippen molar-refractivity contribution in [1.82, 2.24) is 64.8 Å². The van der Waals surface area contributed by atoms with Crippen LogP contribution in [0.15, 0.2) is 180 Å². The van der Waals surface area contributed by atoms with E-state index in [2.05, 4.69) is 45.9 Å². The molecule has 12 rings (SSSR count). The molecule has 4 atom stereocenters. The fourth-order valence-corrected chi connectivity index (χ4v) is 15.2. The van der Waals surface area contributed by atoms with Gasteiger partial charge in [-0.05, 0) is 168 Å². The standard InChI is InChI=1S/C46H54BN5O9.C43H51BN8O9/c1-28(2)22-42(47(59)60)48-44(56)34(24-30-8-6-5-7-9-30)25-39(53)33-18-20-51(21-19-33)46(58)61-36-16-12-32(13-17-36)23-31-10-14-35(15-11-31)52-43(49-50-45(52)57)38-26-37(29(3)4)40(54)27-41(38)55;1-26(2)19-30(44(59)60)21-39(55)35(47-41(56)36-24-45-13-14-46-36)20-28-7-11-32(12-8-28)61-43(58)51-17-15-50(16-18-51)25-29-5-9-31(10-6-29)52-40(48-49-42(52)57)34-22-33(27(3)4)37(53)23-38(34)54/h5-17,26-29,33-34,42,54-55,59-60H,18-25H2,1-4H3,(H,48,56)(H,50,57);5-14,22-24,26-27,30,35,53-54,59-60H,15-21,25H2,1-4H3,(H,47,56)(H,49,57)/t34?,42-;30-,35?/m01/s1. The molecule has 2 aliphatic heterocycles. The van der Waals surface area contributed by atoms with Gasteiger partial charge >= 0.3 is 37.8 Å². The molecule has 0 spiro atoms. The summed E-state index contributed by atoms with van der Waals surface area (Å²) in [6.07, 6.45) is 5.58. The summed E-state index contributed by atoms with van der Waals surface area (Å²) in [6.45, 7) is 18.7. The first kappa shape index (κ1) is 90.2. The molecule has 12 N–H and O–H groups in total. The minimum atomic E-state index is -1.72. The maximum atomic E-state index is 13.6.